The summed E-state index contributed by atoms with van der Waals surface area (Å²) in [5, 5.41) is 2.66. The molecular formula is C13H24F2N2O2. The van der Waals surface area contributed by atoms with Gasteiger partial charge in [-0.25, -0.2) is 13.6 Å². The van der Waals surface area contributed by atoms with E-state index in [0.29, 0.717) is 12.8 Å². The highest BCUT2D eigenvalue weighted by Crippen LogP contribution is 2.38. The Kier molecular flexibility index (Phi) is 5.12. The smallest absolute Gasteiger partial charge is 0.408 e. The molecule has 0 aromatic heterocycles. The second-order valence-corrected chi connectivity index (χ2v) is 6.17. The second-order valence-electron chi connectivity index (χ2n) is 6.17. The van der Waals surface area contributed by atoms with Crippen molar-refractivity contribution in [1.82, 2.24) is 5.32 Å². The molecule has 1 atom stereocenters. The summed E-state index contributed by atoms with van der Waals surface area (Å²) in [5.74, 6) is -1.03. The highest BCUT2D eigenvalue weighted by atomic mass is 19.3. The van der Waals surface area contributed by atoms with Crippen LogP contribution >= 0.6 is 0 Å². The maximum absolute atomic E-state index is 13.1. The highest BCUT2D eigenvalue weighted by Gasteiger charge is 2.46. The summed E-state index contributed by atoms with van der Waals surface area (Å²) in [6.45, 7) is 5.07. The van der Waals surface area contributed by atoms with E-state index in [9.17, 15) is 13.6 Å². The lowest BCUT2D eigenvalue weighted by Gasteiger charge is -2.37. The molecule has 1 amide bonds. The van der Waals surface area contributed by atoms with Crippen LogP contribution in [0.3, 0.4) is 0 Å². The molecule has 1 rings (SSSR count). The molecular weight excluding hydrogens is 254 g/mol. The standard InChI is InChI=1S/C13H24F2N2O2/c1-12(2,3)19-11(18)17-13(6-4-5-7-13)9(8-16)10(14)15/h9-10H,4-8,16H2,1-3H3,(H,17,18). The maximum Gasteiger partial charge on any atom is 0.408 e. The van der Waals surface area contributed by atoms with Gasteiger partial charge in [-0.2, -0.15) is 0 Å². The van der Waals surface area contributed by atoms with Gasteiger partial charge in [-0.1, -0.05) is 12.8 Å². The molecule has 1 aliphatic rings. The van der Waals surface area contributed by atoms with Crippen LogP contribution in [0.25, 0.3) is 0 Å². The average Bonchev–Trinajstić information content (AvgIpc) is 2.63. The number of alkyl carbamates (subject to hydrolysis) is 1. The molecule has 0 heterocycles. The molecule has 0 radical (unpaired) electrons. The summed E-state index contributed by atoms with van der Waals surface area (Å²) in [5.41, 5.74) is 3.90. The third-order valence-corrected chi connectivity index (χ3v) is 3.51. The van der Waals surface area contributed by atoms with Gasteiger partial charge in [-0.3, -0.25) is 0 Å². The van der Waals surface area contributed by atoms with Gasteiger partial charge >= 0.3 is 6.09 Å². The second kappa shape index (κ2) is 6.03. The van der Waals surface area contributed by atoms with Crippen LogP contribution in [0.15, 0.2) is 0 Å². The number of hydrogen-bond donors (Lipinski definition) is 2. The fourth-order valence-electron chi connectivity index (χ4n) is 2.67. The minimum atomic E-state index is -2.54. The van der Waals surface area contributed by atoms with Gasteiger partial charge in [0, 0.05) is 6.54 Å². The number of hydrogen-bond acceptors (Lipinski definition) is 3. The molecule has 0 saturated heterocycles. The molecule has 0 bridgehead atoms. The number of nitrogens with two attached hydrogens (primary N) is 1. The van der Waals surface area contributed by atoms with Crippen molar-refractivity contribution in [2.24, 2.45) is 11.7 Å². The Hall–Kier alpha value is -0.910. The van der Waals surface area contributed by atoms with E-state index in [0.717, 1.165) is 12.8 Å². The van der Waals surface area contributed by atoms with E-state index in [4.69, 9.17) is 10.5 Å². The lowest BCUT2D eigenvalue weighted by molar-refractivity contribution is 0.00799. The molecule has 0 aromatic rings. The van der Waals surface area contributed by atoms with Crippen molar-refractivity contribution < 1.29 is 18.3 Å². The molecule has 1 saturated carbocycles. The van der Waals surface area contributed by atoms with E-state index in [-0.39, 0.29) is 6.54 Å². The number of amides is 1. The minimum Gasteiger partial charge on any atom is -0.444 e. The summed E-state index contributed by atoms with van der Waals surface area (Å²) in [6.07, 6.45) is -0.499. The van der Waals surface area contributed by atoms with Crippen LogP contribution in [0.2, 0.25) is 0 Å². The number of halogens is 2. The Morgan fingerprint density at radius 3 is 2.26 bits per heavy atom. The van der Waals surface area contributed by atoms with Crippen molar-refractivity contribution in [2.75, 3.05) is 6.54 Å². The van der Waals surface area contributed by atoms with Crippen molar-refractivity contribution in [3.63, 3.8) is 0 Å². The Bertz CT molecular complexity index is 310. The van der Waals surface area contributed by atoms with Crippen LogP contribution in [0.1, 0.15) is 46.5 Å². The third-order valence-electron chi connectivity index (χ3n) is 3.51. The van der Waals surface area contributed by atoms with Crippen LogP contribution in [-0.2, 0) is 4.74 Å². The van der Waals surface area contributed by atoms with Crippen molar-refractivity contribution in [2.45, 2.75) is 64.0 Å². The van der Waals surface area contributed by atoms with E-state index >= 15 is 0 Å². The van der Waals surface area contributed by atoms with Crippen LogP contribution in [0.4, 0.5) is 13.6 Å². The molecule has 19 heavy (non-hydrogen) atoms. The molecule has 0 spiro atoms. The zero-order chi connectivity index (χ0) is 14.7. The molecule has 0 aliphatic heterocycles. The first kappa shape index (κ1) is 16.1. The first-order valence-corrected chi connectivity index (χ1v) is 6.69. The predicted molar refractivity (Wildman–Crippen MR) is 69.1 cm³/mol. The maximum atomic E-state index is 13.1. The van der Waals surface area contributed by atoms with E-state index in [2.05, 4.69) is 5.32 Å². The SMILES string of the molecule is CC(C)(C)OC(=O)NC1(C(CN)C(F)F)CCCC1. The Morgan fingerprint density at radius 2 is 1.89 bits per heavy atom. The molecule has 1 aliphatic carbocycles. The van der Waals surface area contributed by atoms with E-state index in [1.54, 1.807) is 20.8 Å². The van der Waals surface area contributed by atoms with Crippen molar-refractivity contribution in [1.29, 1.82) is 0 Å². The lowest BCUT2D eigenvalue weighted by atomic mass is 9.82. The van der Waals surface area contributed by atoms with Crippen LogP contribution in [0, 0.1) is 5.92 Å². The third kappa shape index (κ3) is 4.30. The summed E-state index contributed by atoms with van der Waals surface area (Å²) >= 11 is 0. The molecule has 112 valence electrons. The van der Waals surface area contributed by atoms with Crippen LogP contribution in [0.5, 0.6) is 0 Å². The average molecular weight is 278 g/mol. The van der Waals surface area contributed by atoms with Crippen molar-refractivity contribution >= 4 is 6.09 Å². The van der Waals surface area contributed by atoms with Gasteiger partial charge in [0.25, 0.3) is 0 Å². The number of rotatable bonds is 4. The first-order valence-electron chi connectivity index (χ1n) is 6.69. The van der Waals surface area contributed by atoms with Crippen molar-refractivity contribution in [3.8, 4) is 0 Å². The lowest BCUT2D eigenvalue weighted by Crippen LogP contribution is -2.57. The van der Waals surface area contributed by atoms with Gasteiger partial charge in [0.2, 0.25) is 6.43 Å². The van der Waals surface area contributed by atoms with Gasteiger partial charge in [-0.05, 0) is 33.6 Å². The van der Waals surface area contributed by atoms with Gasteiger partial charge in [0.15, 0.2) is 0 Å². The Labute approximate surface area is 113 Å². The number of ether oxygens (including phenoxy) is 1. The molecule has 3 N–H and O–H groups in total. The number of nitrogens with one attached hydrogen (secondary N) is 1. The number of alkyl halides is 2. The molecule has 6 heteroatoms. The topological polar surface area (TPSA) is 64.3 Å². The first-order chi connectivity index (χ1) is 8.70. The normalized spacial score (nSPS) is 20.4. The molecule has 0 aromatic carbocycles. The summed E-state index contributed by atoms with van der Waals surface area (Å²) in [4.78, 5) is 11.8. The van der Waals surface area contributed by atoms with Gasteiger partial charge in [0.1, 0.15) is 5.60 Å². The summed E-state index contributed by atoms with van der Waals surface area (Å²) < 4.78 is 31.4. The fraction of sp³-hybridized carbons (Fsp3) is 0.923. The highest BCUT2D eigenvalue weighted by molar-refractivity contribution is 5.69. The zero-order valence-corrected chi connectivity index (χ0v) is 11.8. The predicted octanol–water partition coefficient (Wildman–Crippen LogP) is 2.66. The fourth-order valence-corrected chi connectivity index (χ4v) is 2.67. The summed E-state index contributed by atoms with van der Waals surface area (Å²) in [6, 6.07) is 0. The quantitative estimate of drug-likeness (QED) is 0.831. The van der Waals surface area contributed by atoms with E-state index in [1.807, 2.05) is 0 Å². The summed E-state index contributed by atoms with van der Waals surface area (Å²) in [7, 11) is 0. The number of carbonyl (C=O) groups is 1. The minimum absolute atomic E-state index is 0.145. The zero-order valence-electron chi connectivity index (χ0n) is 11.8. The van der Waals surface area contributed by atoms with Gasteiger partial charge < -0.3 is 15.8 Å². The molecule has 1 unspecified atom stereocenters. The van der Waals surface area contributed by atoms with Gasteiger partial charge in [-0.15, -0.1) is 0 Å². The Balaban J connectivity index is 2.80. The van der Waals surface area contributed by atoms with Crippen LogP contribution in [-0.4, -0.2) is 30.2 Å². The van der Waals surface area contributed by atoms with Gasteiger partial charge in [0.05, 0.1) is 11.5 Å². The largest absolute Gasteiger partial charge is 0.444 e. The van der Waals surface area contributed by atoms with Crippen molar-refractivity contribution in [3.05, 3.63) is 0 Å². The molecule has 1 fully saturated rings. The van der Waals surface area contributed by atoms with Crippen LogP contribution < -0.4 is 11.1 Å². The number of carbonyl (C=O) groups excluding carboxylic acids is 1. The Morgan fingerprint density at radius 1 is 1.37 bits per heavy atom. The monoisotopic (exact) mass is 278 g/mol. The van der Waals surface area contributed by atoms with E-state index in [1.165, 1.54) is 0 Å². The molecule has 4 nitrogen and oxygen atoms in total. The van der Waals surface area contributed by atoms with E-state index < -0.39 is 29.6 Å².